The van der Waals surface area contributed by atoms with Gasteiger partial charge in [-0.15, -0.1) is 0 Å². The first kappa shape index (κ1) is 14.2. The van der Waals surface area contributed by atoms with Gasteiger partial charge in [0.1, 0.15) is 0 Å². The van der Waals surface area contributed by atoms with Gasteiger partial charge in [-0.2, -0.15) is 0 Å². The van der Waals surface area contributed by atoms with Crippen molar-refractivity contribution in [3.05, 3.63) is 27.7 Å². The molecule has 90 valence electrons. The molecule has 17 heavy (non-hydrogen) atoms. The zero-order valence-electron chi connectivity index (χ0n) is 9.22. The van der Waals surface area contributed by atoms with Crippen LogP contribution in [0.15, 0.2) is 12.1 Å². The molecule has 1 aromatic carbocycles. The van der Waals surface area contributed by atoms with E-state index in [1.54, 1.807) is 12.1 Å². The lowest BCUT2D eigenvalue weighted by molar-refractivity contribution is -0.109. The first-order chi connectivity index (χ1) is 8.00. The second-order valence-corrected chi connectivity index (χ2v) is 5.33. The molecule has 5 heteroatoms. The summed E-state index contributed by atoms with van der Waals surface area (Å²) in [6.07, 6.45) is 0.643. The van der Waals surface area contributed by atoms with Gasteiger partial charge in [0.2, 0.25) is 0 Å². The second kappa shape index (κ2) is 6.80. The molecule has 0 aliphatic heterocycles. The van der Waals surface area contributed by atoms with Crippen LogP contribution in [-0.4, -0.2) is 10.9 Å². The van der Waals surface area contributed by atoms with Gasteiger partial charge in [-0.25, -0.2) is 0 Å². The zero-order valence-corrected chi connectivity index (χ0v) is 11.5. The number of rotatable bonds is 2. The van der Waals surface area contributed by atoms with Crippen molar-refractivity contribution in [3.8, 4) is 11.8 Å². The summed E-state index contributed by atoms with van der Waals surface area (Å²) in [5, 5.41) is 0.908. The topological polar surface area (TPSA) is 43.1 Å². The SMILES string of the molecule is CC(=O)SCCC#Cc1cc(Cl)c(N)c(Cl)c1. The van der Waals surface area contributed by atoms with Gasteiger partial charge in [0.05, 0.1) is 15.7 Å². The molecule has 1 aromatic rings. The van der Waals surface area contributed by atoms with Crippen LogP contribution in [0.2, 0.25) is 10.0 Å². The van der Waals surface area contributed by atoms with Crippen molar-refractivity contribution in [2.75, 3.05) is 11.5 Å². The van der Waals surface area contributed by atoms with Crippen molar-refractivity contribution in [1.29, 1.82) is 0 Å². The Morgan fingerprint density at radius 3 is 2.53 bits per heavy atom. The maximum Gasteiger partial charge on any atom is 0.185 e. The van der Waals surface area contributed by atoms with E-state index in [4.69, 9.17) is 28.9 Å². The molecule has 0 saturated carbocycles. The van der Waals surface area contributed by atoms with E-state index in [0.29, 0.717) is 27.9 Å². The number of carbonyl (C=O) groups is 1. The van der Waals surface area contributed by atoms with Crippen LogP contribution < -0.4 is 5.73 Å². The number of halogens is 2. The fourth-order valence-corrected chi connectivity index (χ4v) is 2.05. The molecular weight excluding hydrogens is 277 g/mol. The zero-order chi connectivity index (χ0) is 12.8. The summed E-state index contributed by atoms with van der Waals surface area (Å²) in [5.74, 6) is 6.57. The van der Waals surface area contributed by atoms with E-state index in [-0.39, 0.29) is 5.12 Å². The van der Waals surface area contributed by atoms with Crippen LogP contribution >= 0.6 is 35.0 Å². The van der Waals surface area contributed by atoms with Crippen molar-refractivity contribution in [2.24, 2.45) is 0 Å². The summed E-state index contributed by atoms with van der Waals surface area (Å²) in [6, 6.07) is 3.35. The number of nitrogen functional groups attached to an aromatic ring is 1. The minimum absolute atomic E-state index is 0.102. The highest BCUT2D eigenvalue weighted by Crippen LogP contribution is 2.28. The van der Waals surface area contributed by atoms with Crippen molar-refractivity contribution < 1.29 is 4.79 Å². The van der Waals surface area contributed by atoms with E-state index in [9.17, 15) is 4.79 Å². The van der Waals surface area contributed by atoms with Gasteiger partial charge in [-0.3, -0.25) is 4.79 Å². The van der Waals surface area contributed by atoms with Gasteiger partial charge in [-0.1, -0.05) is 46.8 Å². The Hall–Kier alpha value is -0.820. The first-order valence-electron chi connectivity index (χ1n) is 4.87. The summed E-state index contributed by atoms with van der Waals surface area (Å²) in [7, 11) is 0. The normalized spacial score (nSPS) is 9.59. The highest BCUT2D eigenvalue weighted by atomic mass is 35.5. The molecule has 0 bridgehead atoms. The third kappa shape index (κ3) is 4.91. The molecule has 0 atom stereocenters. The summed E-state index contributed by atoms with van der Waals surface area (Å²) in [6.45, 7) is 1.54. The minimum atomic E-state index is 0.102. The monoisotopic (exact) mass is 287 g/mol. The van der Waals surface area contributed by atoms with E-state index < -0.39 is 0 Å². The molecule has 0 aromatic heterocycles. The molecule has 0 aliphatic carbocycles. The lowest BCUT2D eigenvalue weighted by Crippen LogP contribution is -1.89. The van der Waals surface area contributed by atoms with Gasteiger partial charge in [0.15, 0.2) is 5.12 Å². The number of hydrogen-bond acceptors (Lipinski definition) is 3. The Labute approximate surface area is 115 Å². The Kier molecular flexibility index (Phi) is 5.70. The summed E-state index contributed by atoms with van der Waals surface area (Å²) in [4.78, 5) is 10.7. The van der Waals surface area contributed by atoms with E-state index in [1.165, 1.54) is 18.7 Å². The number of nitrogens with two attached hydrogens (primary N) is 1. The van der Waals surface area contributed by atoms with Crippen LogP contribution in [0.3, 0.4) is 0 Å². The van der Waals surface area contributed by atoms with E-state index in [2.05, 4.69) is 11.8 Å². The summed E-state index contributed by atoms with van der Waals surface area (Å²) < 4.78 is 0. The Morgan fingerprint density at radius 1 is 1.41 bits per heavy atom. The van der Waals surface area contributed by atoms with Crippen LogP contribution in [0.4, 0.5) is 5.69 Å². The van der Waals surface area contributed by atoms with Gasteiger partial charge >= 0.3 is 0 Å². The lowest BCUT2D eigenvalue weighted by Gasteiger charge is -2.01. The molecule has 2 N–H and O–H groups in total. The molecular formula is C12H11Cl2NOS. The molecule has 0 aliphatic rings. The number of benzene rings is 1. The number of anilines is 1. The maximum atomic E-state index is 10.7. The van der Waals surface area contributed by atoms with Crippen LogP contribution in [-0.2, 0) is 4.79 Å². The first-order valence-corrected chi connectivity index (χ1v) is 6.61. The van der Waals surface area contributed by atoms with Crippen molar-refractivity contribution in [3.63, 3.8) is 0 Å². The molecule has 0 spiro atoms. The van der Waals surface area contributed by atoms with Gasteiger partial charge in [0, 0.05) is 24.7 Å². The fourth-order valence-electron chi connectivity index (χ4n) is 1.07. The Morgan fingerprint density at radius 2 is 2.00 bits per heavy atom. The Balaban J connectivity index is 2.63. The molecule has 2 nitrogen and oxygen atoms in total. The van der Waals surface area contributed by atoms with Gasteiger partial charge < -0.3 is 5.73 Å². The van der Waals surface area contributed by atoms with Crippen molar-refractivity contribution in [1.82, 2.24) is 0 Å². The maximum absolute atomic E-state index is 10.7. The average molecular weight is 288 g/mol. The lowest BCUT2D eigenvalue weighted by atomic mass is 10.2. The smallest absolute Gasteiger partial charge is 0.185 e. The molecule has 0 fully saturated rings. The van der Waals surface area contributed by atoms with Crippen LogP contribution in [0.25, 0.3) is 0 Å². The standard InChI is InChI=1S/C12H11Cl2NOS/c1-8(16)17-5-3-2-4-9-6-10(13)12(15)11(14)7-9/h6-7H,3,5,15H2,1H3. The third-order valence-corrected chi connectivity index (χ3v) is 3.28. The highest BCUT2D eigenvalue weighted by molar-refractivity contribution is 8.13. The molecule has 0 amide bonds. The number of carbonyl (C=O) groups excluding carboxylic acids is 1. The highest BCUT2D eigenvalue weighted by Gasteiger charge is 2.02. The van der Waals surface area contributed by atoms with Crippen LogP contribution in [0.5, 0.6) is 0 Å². The molecule has 0 unspecified atom stereocenters. The molecule has 0 saturated heterocycles. The fraction of sp³-hybridized carbons (Fsp3) is 0.250. The minimum Gasteiger partial charge on any atom is -0.396 e. The Bertz CT molecular complexity index is 468. The largest absolute Gasteiger partial charge is 0.396 e. The second-order valence-electron chi connectivity index (χ2n) is 3.25. The third-order valence-electron chi connectivity index (χ3n) is 1.84. The molecule has 1 rings (SSSR count). The summed E-state index contributed by atoms with van der Waals surface area (Å²) in [5.41, 5.74) is 6.70. The predicted octanol–water partition coefficient (Wildman–Crippen LogP) is 3.60. The number of thioether (sulfide) groups is 1. The van der Waals surface area contributed by atoms with Gasteiger partial charge in [-0.05, 0) is 12.1 Å². The van der Waals surface area contributed by atoms with Crippen LogP contribution in [0.1, 0.15) is 18.9 Å². The van der Waals surface area contributed by atoms with E-state index in [1.807, 2.05) is 0 Å². The van der Waals surface area contributed by atoms with Crippen molar-refractivity contribution >= 4 is 45.8 Å². The predicted molar refractivity (Wildman–Crippen MR) is 75.5 cm³/mol. The van der Waals surface area contributed by atoms with Crippen LogP contribution in [0, 0.1) is 11.8 Å². The van der Waals surface area contributed by atoms with E-state index >= 15 is 0 Å². The van der Waals surface area contributed by atoms with E-state index in [0.717, 1.165) is 5.56 Å². The average Bonchev–Trinajstić information content (AvgIpc) is 2.25. The quantitative estimate of drug-likeness (QED) is 0.513. The molecule has 0 heterocycles. The van der Waals surface area contributed by atoms with Gasteiger partial charge in [0.25, 0.3) is 0 Å². The number of hydrogen-bond donors (Lipinski definition) is 1. The summed E-state index contributed by atoms with van der Waals surface area (Å²) >= 11 is 13.0. The van der Waals surface area contributed by atoms with Crippen molar-refractivity contribution in [2.45, 2.75) is 13.3 Å². The molecule has 0 radical (unpaired) electrons.